The van der Waals surface area contributed by atoms with E-state index in [9.17, 15) is 0 Å². The first kappa shape index (κ1) is 51.9. The van der Waals surface area contributed by atoms with E-state index in [1.807, 2.05) is 13.8 Å². The van der Waals surface area contributed by atoms with Gasteiger partial charge in [0.1, 0.15) is 13.7 Å². The average Bonchev–Trinajstić information content (AvgIpc) is 3.15. The number of ether oxygens (including phenoxy) is 1. The number of hydrogen-bond acceptors (Lipinski definition) is 1. The Hall–Kier alpha value is -3.06. The Morgan fingerprint density at radius 2 is 0.636 bits per heavy atom. The van der Waals surface area contributed by atoms with Crippen LogP contribution in [-0.2, 0) is 4.74 Å². The fourth-order valence-electron chi connectivity index (χ4n) is 5.72. The molecule has 0 radical (unpaired) electrons. The highest BCUT2D eigenvalue weighted by Gasteiger charge is 2.13. The zero-order valence-corrected chi connectivity index (χ0v) is 39.6. The molecule has 2 heteroatoms. The van der Waals surface area contributed by atoms with Crippen molar-refractivity contribution in [3.63, 3.8) is 0 Å². The lowest BCUT2D eigenvalue weighted by Crippen LogP contribution is -2.19. The molecule has 0 saturated heterocycles. The molecular formula is C53H82OSi. The van der Waals surface area contributed by atoms with Gasteiger partial charge in [0.05, 0.1) is 0 Å². The number of methoxy groups -OCH3 is 1. The summed E-state index contributed by atoms with van der Waals surface area (Å²) in [6.45, 7) is 29.1. The van der Waals surface area contributed by atoms with Crippen molar-refractivity contribution in [2.45, 2.75) is 223 Å². The number of allylic oxidation sites excluding steroid dienone is 8. The zero-order chi connectivity index (χ0) is 41.5. The summed E-state index contributed by atoms with van der Waals surface area (Å²) in [5.41, 5.74) is 12.9. The lowest BCUT2D eigenvalue weighted by molar-refractivity contribution is 0.0741. The Morgan fingerprint density at radius 1 is 0.382 bits per heavy atom. The van der Waals surface area contributed by atoms with Crippen molar-refractivity contribution in [2.75, 3.05) is 7.11 Å². The third-order valence-corrected chi connectivity index (χ3v) is 10.2. The molecule has 0 fully saturated rings. The standard InChI is InChI=1S/C53H82OSi/c1-15-23-31-49(46(28-20-6)36-40-51(33-25-17-3)48(30-22-8)42-44-55(12,13)14)38-35-45(27-19-5)50(32-24-16-2)39-37-47(29-21-7)52(34-26-18-4)41-43-53(9,10)54-11/h15-34H2,1-14H3/b49-46+,50-45+,51-48+,52-47+. The van der Waals surface area contributed by atoms with E-state index >= 15 is 0 Å². The molecule has 0 saturated carbocycles. The van der Waals surface area contributed by atoms with E-state index in [0.717, 1.165) is 128 Å². The predicted octanol–water partition coefficient (Wildman–Crippen LogP) is 15.5. The highest BCUT2D eigenvalue weighted by Crippen LogP contribution is 2.23. The molecule has 0 atom stereocenters. The van der Waals surface area contributed by atoms with Crippen LogP contribution >= 0.6 is 0 Å². The molecule has 0 N–H and O–H groups in total. The first-order valence-electron chi connectivity index (χ1n) is 22.3. The smallest absolute Gasteiger partial charge is 0.129 e. The molecule has 0 aliphatic rings. The molecule has 55 heavy (non-hydrogen) atoms. The van der Waals surface area contributed by atoms with Crippen molar-refractivity contribution in [1.82, 2.24) is 0 Å². The number of hydrogen-bond donors (Lipinski definition) is 0. The maximum absolute atomic E-state index is 5.65. The minimum absolute atomic E-state index is 0.491. The Balaban J connectivity index is 7.95. The van der Waals surface area contributed by atoms with E-state index in [1.165, 1.54) is 44.6 Å². The quantitative estimate of drug-likeness (QED) is 0.0836. The molecule has 0 aromatic rings. The SMILES string of the molecule is CCCC/C(C#C/C(CCC)=C(/C#C/C(CCC)=C(/C#CC(C)(C)OC)CCCC)CCCC)=C(\C#C/C(CCCC)=C(/C#C[Si](C)(C)C)CCC)CCC. The molecule has 304 valence electrons. The van der Waals surface area contributed by atoms with Crippen LogP contribution in [0.4, 0.5) is 0 Å². The highest BCUT2D eigenvalue weighted by atomic mass is 28.3. The van der Waals surface area contributed by atoms with E-state index in [-0.39, 0.29) is 0 Å². The van der Waals surface area contributed by atoms with Gasteiger partial charge in [0, 0.05) is 51.7 Å². The van der Waals surface area contributed by atoms with Gasteiger partial charge in [-0.2, -0.15) is 0 Å². The van der Waals surface area contributed by atoms with Gasteiger partial charge in [0.25, 0.3) is 0 Å². The average molecular weight is 763 g/mol. The summed E-state index contributed by atoms with van der Waals surface area (Å²) in [6, 6.07) is 0. The van der Waals surface area contributed by atoms with Gasteiger partial charge < -0.3 is 4.74 Å². The summed E-state index contributed by atoms with van der Waals surface area (Å²) >= 11 is 0. The molecule has 0 unspecified atom stereocenters. The van der Waals surface area contributed by atoms with Gasteiger partial charge >= 0.3 is 0 Å². The maximum Gasteiger partial charge on any atom is 0.129 e. The minimum Gasteiger partial charge on any atom is -0.366 e. The van der Waals surface area contributed by atoms with Gasteiger partial charge in [-0.1, -0.05) is 180 Å². The number of rotatable bonds is 21. The molecule has 0 rings (SSSR count). The first-order valence-corrected chi connectivity index (χ1v) is 25.8. The molecule has 0 aromatic carbocycles. The molecule has 0 heterocycles. The zero-order valence-electron chi connectivity index (χ0n) is 38.6. The second-order valence-corrected chi connectivity index (χ2v) is 21.2. The van der Waals surface area contributed by atoms with E-state index in [1.54, 1.807) is 7.11 Å². The van der Waals surface area contributed by atoms with Crippen molar-refractivity contribution in [3.8, 4) is 58.8 Å². The minimum atomic E-state index is -1.50. The van der Waals surface area contributed by atoms with E-state index in [0.29, 0.717) is 0 Å². The van der Waals surface area contributed by atoms with Gasteiger partial charge in [0.2, 0.25) is 0 Å². The van der Waals surface area contributed by atoms with Gasteiger partial charge in [-0.15, -0.1) is 5.54 Å². The molecule has 0 aliphatic carbocycles. The Labute approximate surface area is 344 Å². The maximum atomic E-state index is 5.65. The van der Waals surface area contributed by atoms with E-state index in [2.05, 4.69) is 134 Å². The van der Waals surface area contributed by atoms with Crippen LogP contribution < -0.4 is 0 Å². The van der Waals surface area contributed by atoms with Crippen molar-refractivity contribution < 1.29 is 4.74 Å². The van der Waals surface area contributed by atoms with Crippen molar-refractivity contribution in [1.29, 1.82) is 0 Å². The predicted molar refractivity (Wildman–Crippen MR) is 249 cm³/mol. The summed E-state index contributed by atoms with van der Waals surface area (Å²) in [5, 5.41) is 0. The molecule has 0 spiro atoms. The summed E-state index contributed by atoms with van der Waals surface area (Å²) in [5.74, 6) is 33.0. The monoisotopic (exact) mass is 763 g/mol. The summed E-state index contributed by atoms with van der Waals surface area (Å²) in [4.78, 5) is 0. The highest BCUT2D eigenvalue weighted by molar-refractivity contribution is 6.83. The van der Waals surface area contributed by atoms with Crippen LogP contribution in [0, 0.1) is 58.8 Å². The largest absolute Gasteiger partial charge is 0.366 e. The molecule has 0 aliphatic heterocycles. The van der Waals surface area contributed by atoms with Crippen LogP contribution in [0.1, 0.15) is 198 Å². The van der Waals surface area contributed by atoms with Crippen LogP contribution in [0.3, 0.4) is 0 Å². The van der Waals surface area contributed by atoms with E-state index < -0.39 is 13.7 Å². The van der Waals surface area contributed by atoms with Gasteiger partial charge in [0.15, 0.2) is 0 Å². The van der Waals surface area contributed by atoms with Crippen molar-refractivity contribution in [2.24, 2.45) is 0 Å². The molecule has 1 nitrogen and oxygen atoms in total. The van der Waals surface area contributed by atoms with Crippen LogP contribution in [0.15, 0.2) is 44.6 Å². The third kappa shape index (κ3) is 24.2. The Kier molecular flexibility index (Phi) is 29.3. The normalized spacial score (nSPS) is 13.1. The van der Waals surface area contributed by atoms with Crippen LogP contribution in [-0.4, -0.2) is 20.8 Å². The molecular weight excluding hydrogens is 681 g/mol. The van der Waals surface area contributed by atoms with Crippen molar-refractivity contribution >= 4 is 8.07 Å². The summed E-state index contributed by atoms with van der Waals surface area (Å²) in [6.07, 6.45) is 20.9. The topological polar surface area (TPSA) is 9.23 Å². The number of unbranched alkanes of at least 4 members (excludes halogenated alkanes) is 4. The fraction of sp³-hybridized carbons (Fsp3) is 0.660. The van der Waals surface area contributed by atoms with Gasteiger partial charge in [-0.25, -0.2) is 0 Å². The fourth-order valence-corrected chi connectivity index (χ4v) is 6.24. The molecule has 0 bridgehead atoms. The lowest BCUT2D eigenvalue weighted by atomic mass is 9.94. The second-order valence-electron chi connectivity index (χ2n) is 16.5. The van der Waals surface area contributed by atoms with Crippen molar-refractivity contribution in [3.05, 3.63) is 44.6 Å². The van der Waals surface area contributed by atoms with Gasteiger partial charge in [-0.3, -0.25) is 0 Å². The molecule has 0 amide bonds. The first-order chi connectivity index (χ1) is 26.3. The molecule has 0 aromatic heterocycles. The lowest BCUT2D eigenvalue weighted by Gasteiger charge is -2.15. The van der Waals surface area contributed by atoms with E-state index in [4.69, 9.17) is 4.74 Å². The van der Waals surface area contributed by atoms with Crippen LogP contribution in [0.2, 0.25) is 19.6 Å². The summed E-state index contributed by atoms with van der Waals surface area (Å²) < 4.78 is 5.65. The van der Waals surface area contributed by atoms with Gasteiger partial charge in [-0.05, 0) is 90.9 Å². The van der Waals surface area contributed by atoms with Crippen LogP contribution in [0.25, 0.3) is 0 Å². The summed E-state index contributed by atoms with van der Waals surface area (Å²) in [7, 11) is 0.230. The third-order valence-electron chi connectivity index (χ3n) is 9.28. The Bertz CT molecular complexity index is 1590. The second kappa shape index (κ2) is 31.1. The van der Waals surface area contributed by atoms with Crippen LogP contribution in [0.5, 0.6) is 0 Å². The Morgan fingerprint density at radius 3 is 0.873 bits per heavy atom.